The molecule has 0 amide bonds. The molecule has 3 aromatic carbocycles. The van der Waals surface area contributed by atoms with Crippen LogP contribution in [0.4, 0.5) is 0 Å². The van der Waals surface area contributed by atoms with Gasteiger partial charge in [0.15, 0.2) is 5.78 Å². The maximum absolute atomic E-state index is 13.8. The summed E-state index contributed by atoms with van der Waals surface area (Å²) >= 11 is 6.33. The predicted molar refractivity (Wildman–Crippen MR) is 171 cm³/mol. The van der Waals surface area contributed by atoms with E-state index in [1.165, 1.54) is 5.56 Å². The van der Waals surface area contributed by atoms with Crippen LogP contribution in [0, 0.1) is 27.7 Å². The zero-order valence-corrected chi connectivity index (χ0v) is 26.1. The van der Waals surface area contributed by atoms with Crippen molar-refractivity contribution in [3.8, 4) is 16.9 Å². The SMILES string of the molecule is Cc1cc(OCCCC2=C(C(=O)CCc3ccc(C(=O)O)cc3)Cc3c2cccc3-c2c(C)nn(C)c2C)cc(C)c1Cl. The van der Waals surface area contributed by atoms with Crippen LogP contribution in [-0.4, -0.2) is 33.2 Å². The third-order valence-electron chi connectivity index (χ3n) is 8.43. The average Bonchev–Trinajstić information content (AvgIpc) is 3.48. The van der Waals surface area contributed by atoms with Crippen molar-refractivity contribution in [2.24, 2.45) is 7.05 Å². The van der Waals surface area contributed by atoms with Gasteiger partial charge < -0.3 is 9.84 Å². The number of carbonyl (C=O) groups is 2. The molecule has 5 rings (SSSR count). The van der Waals surface area contributed by atoms with E-state index in [-0.39, 0.29) is 11.3 Å². The molecule has 1 aliphatic rings. The lowest BCUT2D eigenvalue weighted by Crippen LogP contribution is -2.07. The number of carboxylic acid groups (broad SMARTS) is 1. The largest absolute Gasteiger partial charge is 0.494 e. The number of fused-ring (bicyclic) bond motifs is 1. The van der Waals surface area contributed by atoms with E-state index < -0.39 is 5.97 Å². The number of carboxylic acids is 1. The van der Waals surface area contributed by atoms with Gasteiger partial charge in [-0.3, -0.25) is 9.48 Å². The smallest absolute Gasteiger partial charge is 0.335 e. The second-order valence-electron chi connectivity index (χ2n) is 11.4. The van der Waals surface area contributed by atoms with Crippen LogP contribution in [0.5, 0.6) is 5.75 Å². The number of benzene rings is 3. The van der Waals surface area contributed by atoms with E-state index in [9.17, 15) is 14.7 Å². The fourth-order valence-corrected chi connectivity index (χ4v) is 6.22. The van der Waals surface area contributed by atoms with Crippen LogP contribution < -0.4 is 4.74 Å². The first kappa shape index (κ1) is 30.3. The molecule has 0 saturated heterocycles. The minimum atomic E-state index is -0.957. The van der Waals surface area contributed by atoms with Gasteiger partial charge in [-0.05, 0) is 110 Å². The highest BCUT2D eigenvalue weighted by molar-refractivity contribution is 6.32. The lowest BCUT2D eigenvalue weighted by Gasteiger charge is -2.13. The Labute approximate surface area is 258 Å². The van der Waals surface area contributed by atoms with Crippen molar-refractivity contribution in [1.82, 2.24) is 9.78 Å². The summed E-state index contributed by atoms with van der Waals surface area (Å²) in [6, 6.07) is 17.0. The summed E-state index contributed by atoms with van der Waals surface area (Å²) in [5.74, 6) is -0.0273. The van der Waals surface area contributed by atoms with Crippen molar-refractivity contribution < 1.29 is 19.4 Å². The Morgan fingerprint density at radius 3 is 2.28 bits per heavy atom. The molecule has 0 aliphatic heterocycles. The molecule has 1 N–H and O–H groups in total. The number of rotatable bonds is 11. The molecular formula is C36H37ClN2O4. The van der Waals surface area contributed by atoms with Gasteiger partial charge >= 0.3 is 5.97 Å². The van der Waals surface area contributed by atoms with Gasteiger partial charge in [0, 0.05) is 41.7 Å². The number of ether oxygens (including phenoxy) is 1. The molecule has 6 nitrogen and oxygen atoms in total. The quantitative estimate of drug-likeness (QED) is 0.177. The first-order valence-corrected chi connectivity index (χ1v) is 15.0. The molecule has 1 heterocycles. The zero-order valence-electron chi connectivity index (χ0n) is 25.4. The number of nitrogens with zero attached hydrogens (tertiary/aromatic N) is 2. The van der Waals surface area contributed by atoms with Gasteiger partial charge in [-0.25, -0.2) is 4.79 Å². The normalized spacial score (nSPS) is 12.5. The van der Waals surface area contributed by atoms with Crippen molar-refractivity contribution >= 4 is 28.9 Å². The Morgan fingerprint density at radius 2 is 1.65 bits per heavy atom. The molecule has 0 spiro atoms. The number of hydrogen-bond donors (Lipinski definition) is 1. The summed E-state index contributed by atoms with van der Waals surface area (Å²) in [5.41, 5.74) is 11.8. The van der Waals surface area contributed by atoms with Crippen LogP contribution in [0.25, 0.3) is 16.7 Å². The van der Waals surface area contributed by atoms with Crippen LogP contribution in [0.1, 0.15) is 68.8 Å². The van der Waals surface area contributed by atoms with E-state index in [2.05, 4.69) is 30.2 Å². The summed E-state index contributed by atoms with van der Waals surface area (Å²) in [5, 5.41) is 14.6. The molecule has 0 saturated carbocycles. The molecule has 43 heavy (non-hydrogen) atoms. The Balaban J connectivity index is 1.39. The Bertz CT molecular complexity index is 1720. The fourth-order valence-electron chi connectivity index (χ4n) is 6.11. The Hall–Kier alpha value is -4.16. The van der Waals surface area contributed by atoms with E-state index in [1.54, 1.807) is 24.3 Å². The maximum atomic E-state index is 13.8. The molecule has 0 bridgehead atoms. The first-order chi connectivity index (χ1) is 20.5. The highest BCUT2D eigenvalue weighted by Crippen LogP contribution is 2.43. The van der Waals surface area contributed by atoms with Gasteiger partial charge in [0.1, 0.15) is 5.75 Å². The third kappa shape index (κ3) is 6.30. The van der Waals surface area contributed by atoms with Crippen LogP contribution in [0.15, 0.2) is 60.2 Å². The second kappa shape index (κ2) is 12.6. The van der Waals surface area contributed by atoms with E-state index in [4.69, 9.17) is 16.3 Å². The minimum absolute atomic E-state index is 0.129. The number of aromatic nitrogens is 2. The molecule has 4 aromatic rings. The standard InChI is InChI=1S/C36H37ClN2O4/c1-21-18-27(19-22(2)35(21)37)43-17-7-10-29-28-8-6-9-30(34-23(3)38-39(5)24(34)4)31(28)20-32(29)33(40)16-13-25-11-14-26(15-12-25)36(41)42/h6,8-9,11-12,14-15,18-19H,7,10,13,16-17,20H2,1-5H3,(H,41,42). The number of aromatic carboxylic acids is 1. The third-order valence-corrected chi connectivity index (χ3v) is 9.02. The molecule has 0 unspecified atom stereocenters. The van der Waals surface area contributed by atoms with Crippen molar-refractivity contribution in [2.75, 3.05) is 6.61 Å². The number of Topliss-reactive ketones (excluding diaryl/α,β-unsaturated/α-hetero) is 1. The minimum Gasteiger partial charge on any atom is -0.494 e. The number of aryl methyl sites for hydroxylation is 5. The van der Waals surface area contributed by atoms with E-state index in [0.29, 0.717) is 25.9 Å². The second-order valence-corrected chi connectivity index (χ2v) is 11.8. The summed E-state index contributed by atoms with van der Waals surface area (Å²) < 4.78 is 8.02. The number of hydrogen-bond acceptors (Lipinski definition) is 4. The van der Waals surface area contributed by atoms with E-state index in [0.717, 1.165) is 79.5 Å². The average molecular weight is 597 g/mol. The van der Waals surface area contributed by atoms with Crippen LogP contribution >= 0.6 is 11.6 Å². The van der Waals surface area contributed by atoms with Crippen molar-refractivity contribution in [2.45, 2.75) is 59.8 Å². The highest BCUT2D eigenvalue weighted by Gasteiger charge is 2.29. The molecule has 1 aromatic heterocycles. The van der Waals surface area contributed by atoms with Gasteiger partial charge in [-0.1, -0.05) is 41.9 Å². The van der Waals surface area contributed by atoms with Crippen molar-refractivity contribution in [3.05, 3.63) is 110 Å². The lowest BCUT2D eigenvalue weighted by molar-refractivity contribution is -0.115. The van der Waals surface area contributed by atoms with Gasteiger partial charge in [0.05, 0.1) is 17.9 Å². The van der Waals surface area contributed by atoms with Gasteiger partial charge in [-0.2, -0.15) is 5.10 Å². The molecular weight excluding hydrogens is 560 g/mol. The van der Waals surface area contributed by atoms with Crippen molar-refractivity contribution in [3.63, 3.8) is 0 Å². The molecule has 222 valence electrons. The first-order valence-electron chi connectivity index (χ1n) is 14.6. The molecule has 0 fully saturated rings. The number of carbonyl (C=O) groups excluding carboxylic acids is 1. The predicted octanol–water partition coefficient (Wildman–Crippen LogP) is 8.04. The van der Waals surface area contributed by atoms with Gasteiger partial charge in [0.2, 0.25) is 0 Å². The number of allylic oxidation sites excluding steroid dienone is 2. The fraction of sp³-hybridized carbons (Fsp3) is 0.306. The molecule has 0 atom stereocenters. The molecule has 7 heteroatoms. The lowest BCUT2D eigenvalue weighted by atomic mass is 9.93. The van der Waals surface area contributed by atoms with Gasteiger partial charge in [-0.15, -0.1) is 0 Å². The van der Waals surface area contributed by atoms with E-state index >= 15 is 0 Å². The summed E-state index contributed by atoms with van der Waals surface area (Å²) in [6.07, 6.45) is 2.98. The Kier molecular flexibility index (Phi) is 8.88. The monoisotopic (exact) mass is 596 g/mol. The molecule has 1 aliphatic carbocycles. The Morgan fingerprint density at radius 1 is 0.977 bits per heavy atom. The summed E-state index contributed by atoms with van der Waals surface area (Å²) in [6.45, 7) is 8.59. The summed E-state index contributed by atoms with van der Waals surface area (Å²) in [7, 11) is 1.96. The highest BCUT2D eigenvalue weighted by atomic mass is 35.5. The maximum Gasteiger partial charge on any atom is 0.335 e. The van der Waals surface area contributed by atoms with Crippen LogP contribution in [0.3, 0.4) is 0 Å². The summed E-state index contributed by atoms with van der Waals surface area (Å²) in [4.78, 5) is 25.0. The number of halogens is 1. The van der Waals surface area contributed by atoms with Crippen molar-refractivity contribution in [1.29, 1.82) is 0 Å². The van der Waals surface area contributed by atoms with E-state index in [1.807, 2.05) is 44.6 Å². The van der Waals surface area contributed by atoms with Crippen LogP contribution in [0.2, 0.25) is 5.02 Å². The van der Waals surface area contributed by atoms with Gasteiger partial charge in [0.25, 0.3) is 0 Å². The molecule has 0 radical (unpaired) electrons. The zero-order chi connectivity index (χ0) is 30.8. The topological polar surface area (TPSA) is 81.4 Å². The van der Waals surface area contributed by atoms with Crippen LogP contribution in [-0.2, 0) is 24.7 Å². The number of ketones is 1.